The van der Waals surface area contributed by atoms with E-state index in [1.54, 1.807) is 0 Å². The minimum Gasteiger partial charge on any atom is -0.337 e. The van der Waals surface area contributed by atoms with Crippen molar-refractivity contribution in [3.05, 3.63) is 53.6 Å². The SMILES string of the molecule is CCn1cnc(C(Cc2ccc(C)cc2)NC)c1. The predicted octanol–water partition coefficient (Wildman–Crippen LogP) is 2.71. The highest BCUT2D eigenvalue weighted by Crippen LogP contribution is 2.16. The van der Waals surface area contributed by atoms with Gasteiger partial charge in [-0.15, -0.1) is 0 Å². The predicted molar refractivity (Wildman–Crippen MR) is 74.6 cm³/mol. The van der Waals surface area contributed by atoms with Crippen LogP contribution in [-0.2, 0) is 13.0 Å². The Balaban J connectivity index is 2.11. The first-order chi connectivity index (χ1) is 8.72. The van der Waals surface area contributed by atoms with Crippen molar-refractivity contribution in [3.63, 3.8) is 0 Å². The van der Waals surface area contributed by atoms with Gasteiger partial charge in [-0.3, -0.25) is 0 Å². The molecule has 1 aromatic carbocycles. The van der Waals surface area contributed by atoms with Crippen LogP contribution in [0.1, 0.15) is 29.8 Å². The Kier molecular flexibility index (Phi) is 4.15. The molecule has 0 aliphatic rings. The highest BCUT2D eigenvalue weighted by Gasteiger charge is 2.12. The van der Waals surface area contributed by atoms with E-state index in [4.69, 9.17) is 0 Å². The van der Waals surface area contributed by atoms with Crippen molar-refractivity contribution < 1.29 is 0 Å². The highest BCUT2D eigenvalue weighted by atomic mass is 15.0. The summed E-state index contributed by atoms with van der Waals surface area (Å²) in [5.74, 6) is 0. The van der Waals surface area contributed by atoms with E-state index in [1.165, 1.54) is 11.1 Å². The third-order valence-electron chi connectivity index (χ3n) is 3.28. The second-order valence-electron chi connectivity index (χ2n) is 4.66. The van der Waals surface area contributed by atoms with Crippen molar-refractivity contribution in [2.45, 2.75) is 32.9 Å². The van der Waals surface area contributed by atoms with Crippen molar-refractivity contribution in [3.8, 4) is 0 Å². The summed E-state index contributed by atoms with van der Waals surface area (Å²) < 4.78 is 2.11. The van der Waals surface area contributed by atoms with Gasteiger partial charge < -0.3 is 9.88 Å². The number of benzene rings is 1. The second kappa shape index (κ2) is 5.83. The molecule has 0 fully saturated rings. The molecule has 0 aliphatic carbocycles. The van der Waals surface area contributed by atoms with Gasteiger partial charge in [0.05, 0.1) is 18.1 Å². The zero-order valence-electron chi connectivity index (χ0n) is 11.4. The molecule has 1 atom stereocenters. The van der Waals surface area contributed by atoms with Crippen LogP contribution in [-0.4, -0.2) is 16.6 Å². The lowest BCUT2D eigenvalue weighted by Crippen LogP contribution is -2.19. The molecule has 0 aliphatic heterocycles. The van der Waals surface area contributed by atoms with Gasteiger partial charge in [0.25, 0.3) is 0 Å². The normalized spacial score (nSPS) is 12.6. The van der Waals surface area contributed by atoms with Gasteiger partial charge in [0.1, 0.15) is 0 Å². The van der Waals surface area contributed by atoms with Crippen LogP contribution in [0.3, 0.4) is 0 Å². The van der Waals surface area contributed by atoms with Gasteiger partial charge >= 0.3 is 0 Å². The number of imidazole rings is 1. The molecule has 3 nitrogen and oxygen atoms in total. The van der Waals surface area contributed by atoms with Crippen LogP contribution in [0.4, 0.5) is 0 Å². The first-order valence-corrected chi connectivity index (χ1v) is 6.47. The maximum Gasteiger partial charge on any atom is 0.0950 e. The minimum absolute atomic E-state index is 0.278. The fraction of sp³-hybridized carbons (Fsp3) is 0.400. The lowest BCUT2D eigenvalue weighted by molar-refractivity contribution is 0.577. The van der Waals surface area contributed by atoms with Crippen LogP contribution < -0.4 is 5.32 Å². The molecule has 0 spiro atoms. The van der Waals surface area contributed by atoms with E-state index in [1.807, 2.05) is 13.4 Å². The van der Waals surface area contributed by atoms with Gasteiger partial charge in [-0.05, 0) is 32.9 Å². The first-order valence-electron chi connectivity index (χ1n) is 6.47. The minimum atomic E-state index is 0.278. The molecule has 0 bridgehead atoms. The van der Waals surface area contributed by atoms with Crippen LogP contribution in [0.5, 0.6) is 0 Å². The number of aryl methyl sites for hydroxylation is 2. The summed E-state index contributed by atoms with van der Waals surface area (Å²) in [6.07, 6.45) is 4.99. The first kappa shape index (κ1) is 12.8. The maximum atomic E-state index is 4.47. The van der Waals surface area contributed by atoms with E-state index >= 15 is 0 Å². The standard InChI is InChI=1S/C15H21N3/c1-4-18-10-15(17-11-18)14(16-3)9-13-7-5-12(2)6-8-13/h5-8,10-11,14,16H,4,9H2,1-3H3. The molecular formula is C15H21N3. The van der Waals surface area contributed by atoms with Gasteiger partial charge in [0, 0.05) is 12.7 Å². The molecule has 1 heterocycles. The van der Waals surface area contributed by atoms with E-state index in [0.717, 1.165) is 18.7 Å². The van der Waals surface area contributed by atoms with Crippen LogP contribution in [0.25, 0.3) is 0 Å². The highest BCUT2D eigenvalue weighted by molar-refractivity contribution is 5.23. The third-order valence-corrected chi connectivity index (χ3v) is 3.28. The van der Waals surface area contributed by atoms with Gasteiger partial charge in [-0.1, -0.05) is 29.8 Å². The number of nitrogens with zero attached hydrogens (tertiary/aromatic N) is 2. The van der Waals surface area contributed by atoms with Gasteiger partial charge in [-0.25, -0.2) is 4.98 Å². The fourth-order valence-electron chi connectivity index (χ4n) is 2.04. The number of rotatable bonds is 5. The summed E-state index contributed by atoms with van der Waals surface area (Å²) >= 11 is 0. The van der Waals surface area contributed by atoms with Crippen LogP contribution >= 0.6 is 0 Å². The van der Waals surface area contributed by atoms with E-state index in [9.17, 15) is 0 Å². The molecule has 0 saturated heterocycles. The van der Waals surface area contributed by atoms with Gasteiger partial charge in [0.15, 0.2) is 0 Å². The van der Waals surface area contributed by atoms with Crippen LogP contribution in [0, 0.1) is 6.92 Å². The molecule has 1 aromatic heterocycles. The Bertz CT molecular complexity index is 485. The Morgan fingerprint density at radius 3 is 2.56 bits per heavy atom. The van der Waals surface area contributed by atoms with Crippen molar-refractivity contribution in [1.82, 2.24) is 14.9 Å². The van der Waals surface area contributed by atoms with Crippen LogP contribution in [0.15, 0.2) is 36.8 Å². The third kappa shape index (κ3) is 2.99. The average molecular weight is 243 g/mol. The Morgan fingerprint density at radius 2 is 2.00 bits per heavy atom. The summed E-state index contributed by atoms with van der Waals surface area (Å²) in [4.78, 5) is 4.47. The Morgan fingerprint density at radius 1 is 1.28 bits per heavy atom. The lowest BCUT2D eigenvalue weighted by Gasteiger charge is -2.14. The number of aromatic nitrogens is 2. The smallest absolute Gasteiger partial charge is 0.0950 e. The quantitative estimate of drug-likeness (QED) is 0.875. The average Bonchev–Trinajstić information content (AvgIpc) is 2.87. The Labute approximate surface area is 109 Å². The van der Waals surface area contributed by atoms with Gasteiger partial charge in [0.2, 0.25) is 0 Å². The molecule has 18 heavy (non-hydrogen) atoms. The summed E-state index contributed by atoms with van der Waals surface area (Å²) in [5.41, 5.74) is 3.75. The fourth-order valence-corrected chi connectivity index (χ4v) is 2.04. The number of likely N-dealkylation sites (N-methyl/N-ethyl adjacent to an activating group) is 1. The largest absolute Gasteiger partial charge is 0.337 e. The summed E-state index contributed by atoms with van der Waals surface area (Å²) in [7, 11) is 1.99. The van der Waals surface area contributed by atoms with Crippen molar-refractivity contribution >= 4 is 0 Å². The van der Waals surface area contributed by atoms with Crippen molar-refractivity contribution in [2.24, 2.45) is 0 Å². The second-order valence-corrected chi connectivity index (χ2v) is 4.66. The zero-order valence-corrected chi connectivity index (χ0v) is 11.4. The molecule has 1 N–H and O–H groups in total. The van der Waals surface area contributed by atoms with Crippen LogP contribution in [0.2, 0.25) is 0 Å². The molecule has 2 rings (SSSR count). The van der Waals surface area contributed by atoms with E-state index in [2.05, 4.69) is 59.2 Å². The molecule has 96 valence electrons. The summed E-state index contributed by atoms with van der Waals surface area (Å²) in [6.45, 7) is 5.20. The number of hydrogen-bond donors (Lipinski definition) is 1. The molecule has 0 amide bonds. The maximum absolute atomic E-state index is 4.47. The summed E-state index contributed by atoms with van der Waals surface area (Å²) in [5, 5.41) is 3.34. The monoisotopic (exact) mass is 243 g/mol. The van der Waals surface area contributed by atoms with Crippen molar-refractivity contribution in [1.29, 1.82) is 0 Å². The molecule has 2 aromatic rings. The van der Waals surface area contributed by atoms with Crippen molar-refractivity contribution in [2.75, 3.05) is 7.05 Å². The topological polar surface area (TPSA) is 29.9 Å². The van der Waals surface area contributed by atoms with Gasteiger partial charge in [-0.2, -0.15) is 0 Å². The molecule has 0 saturated carbocycles. The lowest BCUT2D eigenvalue weighted by atomic mass is 10.0. The van der Waals surface area contributed by atoms with E-state index < -0.39 is 0 Å². The zero-order chi connectivity index (χ0) is 13.0. The Hall–Kier alpha value is -1.61. The van der Waals surface area contributed by atoms with E-state index in [-0.39, 0.29) is 6.04 Å². The molecule has 3 heteroatoms. The molecule has 0 radical (unpaired) electrons. The molecule has 1 unspecified atom stereocenters. The van der Waals surface area contributed by atoms with E-state index in [0.29, 0.717) is 0 Å². The number of nitrogens with one attached hydrogen (secondary N) is 1. The molecular weight excluding hydrogens is 222 g/mol. The summed E-state index contributed by atoms with van der Waals surface area (Å²) in [6, 6.07) is 8.98. The number of hydrogen-bond acceptors (Lipinski definition) is 2.